The molecule has 0 fully saturated rings. The summed E-state index contributed by atoms with van der Waals surface area (Å²) in [6, 6.07) is 5.39. The Morgan fingerprint density at radius 2 is 1.95 bits per heavy atom. The highest BCUT2D eigenvalue weighted by atomic mass is 28.3. The SMILES string of the molecule is C[Si](C)(C)CCCOC(=O)c1c(N)cccc1C(=O)O. The van der Waals surface area contributed by atoms with Gasteiger partial charge in [0.2, 0.25) is 0 Å². The van der Waals surface area contributed by atoms with Crippen molar-refractivity contribution in [3.05, 3.63) is 29.3 Å². The first-order valence-electron chi connectivity index (χ1n) is 6.51. The van der Waals surface area contributed by atoms with Crippen LogP contribution in [0.25, 0.3) is 0 Å². The van der Waals surface area contributed by atoms with E-state index in [1.54, 1.807) is 0 Å². The Labute approximate surface area is 119 Å². The summed E-state index contributed by atoms with van der Waals surface area (Å²) in [7, 11) is -1.16. The minimum absolute atomic E-state index is 0.0620. The minimum atomic E-state index is -1.19. The van der Waals surface area contributed by atoms with Gasteiger partial charge in [0.05, 0.1) is 17.7 Å². The van der Waals surface area contributed by atoms with E-state index in [-0.39, 0.29) is 23.4 Å². The van der Waals surface area contributed by atoms with E-state index in [1.165, 1.54) is 18.2 Å². The van der Waals surface area contributed by atoms with Gasteiger partial charge in [-0.25, -0.2) is 9.59 Å². The summed E-state index contributed by atoms with van der Waals surface area (Å²) in [6.07, 6.45) is 0.788. The van der Waals surface area contributed by atoms with E-state index >= 15 is 0 Å². The molecular weight excluding hydrogens is 274 g/mol. The van der Waals surface area contributed by atoms with Crippen LogP contribution in [-0.4, -0.2) is 31.7 Å². The highest BCUT2D eigenvalue weighted by Gasteiger charge is 2.21. The molecule has 0 aromatic heterocycles. The molecule has 0 bridgehead atoms. The second kappa shape index (κ2) is 6.56. The third-order valence-electron chi connectivity index (χ3n) is 2.84. The smallest absolute Gasteiger partial charge is 0.341 e. The molecule has 0 amide bonds. The molecule has 6 heteroatoms. The Hall–Kier alpha value is -1.82. The van der Waals surface area contributed by atoms with Crippen molar-refractivity contribution in [2.45, 2.75) is 32.1 Å². The number of carbonyl (C=O) groups is 2. The van der Waals surface area contributed by atoms with E-state index in [1.807, 2.05) is 0 Å². The average Bonchev–Trinajstić information content (AvgIpc) is 2.32. The van der Waals surface area contributed by atoms with Gasteiger partial charge < -0.3 is 15.6 Å². The normalized spacial score (nSPS) is 11.2. The van der Waals surface area contributed by atoms with Crippen LogP contribution in [0.1, 0.15) is 27.1 Å². The number of anilines is 1. The number of aromatic carboxylic acids is 1. The van der Waals surface area contributed by atoms with Crippen molar-refractivity contribution in [3.8, 4) is 0 Å². The second-order valence-electron chi connectivity index (χ2n) is 5.88. The van der Waals surface area contributed by atoms with Crippen molar-refractivity contribution in [3.63, 3.8) is 0 Å². The summed E-state index contributed by atoms with van der Waals surface area (Å²) in [5, 5.41) is 9.06. The fourth-order valence-electron chi connectivity index (χ4n) is 1.82. The number of hydrogen-bond acceptors (Lipinski definition) is 4. The van der Waals surface area contributed by atoms with Gasteiger partial charge in [-0.3, -0.25) is 0 Å². The molecule has 0 aliphatic heterocycles. The summed E-state index contributed by atoms with van der Waals surface area (Å²) in [5.74, 6) is -1.86. The molecule has 20 heavy (non-hydrogen) atoms. The number of rotatable bonds is 6. The van der Waals surface area contributed by atoms with Crippen LogP contribution in [0.5, 0.6) is 0 Å². The predicted molar refractivity (Wildman–Crippen MR) is 80.9 cm³/mol. The highest BCUT2D eigenvalue weighted by molar-refractivity contribution is 6.76. The lowest BCUT2D eigenvalue weighted by Gasteiger charge is -2.15. The molecule has 0 saturated carbocycles. The molecule has 0 aliphatic carbocycles. The lowest BCUT2D eigenvalue weighted by Crippen LogP contribution is -2.20. The molecule has 0 unspecified atom stereocenters. The number of ether oxygens (including phenoxy) is 1. The van der Waals surface area contributed by atoms with Crippen molar-refractivity contribution in [1.82, 2.24) is 0 Å². The lowest BCUT2D eigenvalue weighted by atomic mass is 10.1. The molecule has 0 heterocycles. The van der Waals surface area contributed by atoms with Crippen LogP contribution in [0, 0.1) is 0 Å². The van der Waals surface area contributed by atoms with Crippen LogP contribution in [0.4, 0.5) is 5.69 Å². The third kappa shape index (κ3) is 4.69. The fourth-order valence-corrected chi connectivity index (χ4v) is 3.02. The molecule has 3 N–H and O–H groups in total. The Morgan fingerprint density at radius 1 is 1.30 bits per heavy atom. The van der Waals surface area contributed by atoms with Crippen LogP contribution in [0.3, 0.4) is 0 Å². The maximum Gasteiger partial charge on any atom is 0.341 e. The number of esters is 1. The van der Waals surface area contributed by atoms with Crippen LogP contribution in [0.15, 0.2) is 18.2 Å². The Morgan fingerprint density at radius 3 is 2.50 bits per heavy atom. The second-order valence-corrected chi connectivity index (χ2v) is 11.5. The van der Waals surface area contributed by atoms with Crippen molar-refractivity contribution < 1.29 is 19.4 Å². The fraction of sp³-hybridized carbons (Fsp3) is 0.429. The summed E-state index contributed by atoms with van der Waals surface area (Å²) in [5.41, 5.74) is 5.61. The maximum absolute atomic E-state index is 12.0. The van der Waals surface area contributed by atoms with E-state index in [2.05, 4.69) is 19.6 Å². The van der Waals surface area contributed by atoms with Gasteiger partial charge in [0, 0.05) is 13.8 Å². The van der Waals surface area contributed by atoms with Crippen molar-refractivity contribution in [2.75, 3.05) is 12.3 Å². The molecule has 0 spiro atoms. The number of nitrogens with two attached hydrogens (primary N) is 1. The van der Waals surface area contributed by atoms with Crippen LogP contribution >= 0.6 is 0 Å². The van der Waals surface area contributed by atoms with Gasteiger partial charge in [-0.1, -0.05) is 31.8 Å². The largest absolute Gasteiger partial charge is 0.478 e. The Balaban J connectivity index is 2.71. The van der Waals surface area contributed by atoms with Crippen molar-refractivity contribution in [2.24, 2.45) is 0 Å². The topological polar surface area (TPSA) is 89.6 Å². The van der Waals surface area contributed by atoms with E-state index < -0.39 is 20.0 Å². The standard InChI is InChI=1S/C14H21NO4Si/c1-20(2,3)9-5-8-19-14(18)12-10(13(16)17)6-4-7-11(12)15/h4,6-7H,5,8-9,15H2,1-3H3,(H,16,17). The van der Waals surface area contributed by atoms with Gasteiger partial charge in [0.25, 0.3) is 0 Å². The minimum Gasteiger partial charge on any atom is -0.478 e. The van der Waals surface area contributed by atoms with Crippen LogP contribution in [-0.2, 0) is 4.74 Å². The Kier molecular flexibility index (Phi) is 5.32. The zero-order chi connectivity index (χ0) is 15.3. The molecule has 0 saturated heterocycles. The van der Waals surface area contributed by atoms with Crippen molar-refractivity contribution >= 4 is 25.7 Å². The van der Waals surface area contributed by atoms with Gasteiger partial charge in [0.15, 0.2) is 0 Å². The molecule has 110 valence electrons. The zero-order valence-corrected chi connectivity index (χ0v) is 13.1. The van der Waals surface area contributed by atoms with E-state index in [9.17, 15) is 9.59 Å². The van der Waals surface area contributed by atoms with Crippen LogP contribution in [0.2, 0.25) is 25.7 Å². The van der Waals surface area contributed by atoms with Gasteiger partial charge >= 0.3 is 11.9 Å². The maximum atomic E-state index is 12.0. The molecule has 5 nitrogen and oxygen atoms in total. The molecule has 1 aromatic carbocycles. The van der Waals surface area contributed by atoms with Crippen molar-refractivity contribution in [1.29, 1.82) is 0 Å². The highest BCUT2D eigenvalue weighted by Crippen LogP contribution is 2.19. The summed E-state index contributed by atoms with van der Waals surface area (Å²) >= 11 is 0. The first-order chi connectivity index (χ1) is 9.22. The van der Waals surface area contributed by atoms with E-state index in [0.717, 1.165) is 12.5 Å². The van der Waals surface area contributed by atoms with Crippen LogP contribution < -0.4 is 5.73 Å². The molecule has 0 atom stereocenters. The summed E-state index contributed by atoms with van der Waals surface area (Å²) < 4.78 is 5.14. The van der Waals surface area contributed by atoms with E-state index in [0.29, 0.717) is 0 Å². The monoisotopic (exact) mass is 295 g/mol. The number of carbonyl (C=O) groups excluding carboxylic acids is 1. The molecular formula is C14H21NO4Si. The number of nitrogen functional groups attached to an aromatic ring is 1. The number of carboxylic acids is 1. The summed E-state index contributed by atoms with van der Waals surface area (Å²) in [6.45, 7) is 7.02. The first kappa shape index (κ1) is 16.2. The number of hydrogen-bond donors (Lipinski definition) is 2. The van der Waals surface area contributed by atoms with E-state index in [4.69, 9.17) is 15.6 Å². The van der Waals surface area contributed by atoms with Gasteiger partial charge in [0.1, 0.15) is 0 Å². The van der Waals surface area contributed by atoms with Gasteiger partial charge in [-0.2, -0.15) is 0 Å². The van der Waals surface area contributed by atoms with Gasteiger partial charge in [-0.15, -0.1) is 0 Å². The molecule has 0 aliphatic rings. The lowest BCUT2D eigenvalue weighted by molar-refractivity contribution is 0.0495. The molecule has 1 rings (SSSR count). The molecule has 1 aromatic rings. The average molecular weight is 295 g/mol. The Bertz CT molecular complexity index is 508. The quantitative estimate of drug-likeness (QED) is 0.364. The number of carboxylic acid groups (broad SMARTS) is 1. The third-order valence-corrected chi connectivity index (χ3v) is 4.69. The molecule has 0 radical (unpaired) electrons. The summed E-state index contributed by atoms with van der Waals surface area (Å²) in [4.78, 5) is 23.0. The van der Waals surface area contributed by atoms with Gasteiger partial charge in [-0.05, 0) is 18.6 Å². The predicted octanol–water partition coefficient (Wildman–Crippen LogP) is 2.85. The zero-order valence-electron chi connectivity index (χ0n) is 12.1. The number of benzene rings is 1. The first-order valence-corrected chi connectivity index (χ1v) is 10.2.